The van der Waals surface area contributed by atoms with Crippen LogP contribution in [0.25, 0.3) is 0 Å². The molecule has 86 valence electrons. The lowest BCUT2D eigenvalue weighted by molar-refractivity contribution is -0.0558. The minimum absolute atomic E-state index is 0.109. The van der Waals surface area contributed by atoms with Gasteiger partial charge in [0.1, 0.15) is 0 Å². The number of carbonyl (C=O) groups excluding carboxylic acids is 1. The van der Waals surface area contributed by atoms with E-state index in [1.165, 1.54) is 4.90 Å². The van der Waals surface area contributed by atoms with Gasteiger partial charge in [0, 0.05) is 18.2 Å². The molecule has 16 heavy (non-hydrogen) atoms. The van der Waals surface area contributed by atoms with Crippen LogP contribution < -0.4 is 0 Å². The van der Waals surface area contributed by atoms with E-state index < -0.39 is 5.72 Å². The van der Waals surface area contributed by atoms with Crippen molar-refractivity contribution in [3.63, 3.8) is 0 Å². The first-order valence-electron chi connectivity index (χ1n) is 5.50. The van der Waals surface area contributed by atoms with Gasteiger partial charge >= 0.3 is 0 Å². The van der Waals surface area contributed by atoms with E-state index >= 15 is 0 Å². The van der Waals surface area contributed by atoms with Crippen molar-refractivity contribution in [3.05, 3.63) is 34.9 Å². The summed E-state index contributed by atoms with van der Waals surface area (Å²) in [6.07, 6.45) is 0. The second kappa shape index (κ2) is 3.32. The van der Waals surface area contributed by atoms with Gasteiger partial charge in [-0.1, -0.05) is 26.0 Å². The zero-order valence-corrected chi connectivity index (χ0v) is 10.1. The maximum atomic E-state index is 12.0. The summed E-state index contributed by atoms with van der Waals surface area (Å²) in [5.41, 5.74) is 1.27. The Kier molecular flexibility index (Phi) is 2.31. The maximum absolute atomic E-state index is 12.0. The van der Waals surface area contributed by atoms with E-state index in [-0.39, 0.29) is 5.91 Å². The molecule has 1 aliphatic rings. The molecule has 0 aromatic heterocycles. The lowest BCUT2D eigenvalue weighted by atomic mass is 9.95. The van der Waals surface area contributed by atoms with Gasteiger partial charge in [-0.25, -0.2) is 0 Å². The van der Waals surface area contributed by atoms with Crippen LogP contribution in [0.2, 0.25) is 0 Å². The monoisotopic (exact) mass is 219 g/mol. The Bertz CT molecular complexity index is 449. The molecule has 0 spiro atoms. The largest absolute Gasteiger partial charge is 0.367 e. The molecule has 3 nitrogen and oxygen atoms in total. The van der Waals surface area contributed by atoms with Gasteiger partial charge in [-0.15, -0.1) is 0 Å². The van der Waals surface area contributed by atoms with Crippen LogP contribution in [0.3, 0.4) is 0 Å². The quantitative estimate of drug-likeness (QED) is 0.785. The van der Waals surface area contributed by atoms with Gasteiger partial charge in [0.15, 0.2) is 5.72 Å². The van der Waals surface area contributed by atoms with Crippen LogP contribution in [-0.2, 0) is 5.72 Å². The fourth-order valence-corrected chi connectivity index (χ4v) is 2.07. The van der Waals surface area contributed by atoms with Gasteiger partial charge in [-0.2, -0.15) is 0 Å². The van der Waals surface area contributed by atoms with Crippen molar-refractivity contribution in [1.29, 1.82) is 0 Å². The molecule has 1 atom stereocenters. The highest BCUT2D eigenvalue weighted by Crippen LogP contribution is 2.36. The molecular weight excluding hydrogens is 202 g/mol. The second-order valence-electron chi connectivity index (χ2n) is 4.84. The van der Waals surface area contributed by atoms with E-state index in [0.29, 0.717) is 17.0 Å². The second-order valence-corrected chi connectivity index (χ2v) is 4.84. The molecule has 1 aromatic rings. The molecule has 0 bridgehead atoms. The predicted octanol–water partition coefficient (Wildman–Crippen LogP) is 2.06. The fraction of sp³-hybridized carbons (Fsp3) is 0.462. The Morgan fingerprint density at radius 1 is 1.38 bits per heavy atom. The minimum Gasteiger partial charge on any atom is -0.367 e. The van der Waals surface area contributed by atoms with Gasteiger partial charge in [0.05, 0.1) is 0 Å². The molecule has 1 aliphatic heterocycles. The summed E-state index contributed by atoms with van der Waals surface area (Å²) in [6.45, 7) is 5.82. The first-order valence-corrected chi connectivity index (χ1v) is 5.50. The van der Waals surface area contributed by atoms with Gasteiger partial charge < -0.3 is 10.0 Å². The van der Waals surface area contributed by atoms with Crippen molar-refractivity contribution in [2.45, 2.75) is 32.4 Å². The van der Waals surface area contributed by atoms with Crippen molar-refractivity contribution in [2.24, 2.45) is 0 Å². The van der Waals surface area contributed by atoms with Crippen molar-refractivity contribution in [1.82, 2.24) is 4.90 Å². The van der Waals surface area contributed by atoms with Crippen LogP contribution in [0, 0.1) is 0 Å². The maximum Gasteiger partial charge on any atom is 0.256 e. The molecular formula is C13H17NO2. The van der Waals surface area contributed by atoms with Gasteiger partial charge in [-0.05, 0) is 24.5 Å². The molecule has 0 radical (unpaired) electrons. The molecule has 1 amide bonds. The molecule has 1 unspecified atom stereocenters. The Morgan fingerprint density at radius 3 is 2.56 bits per heavy atom. The first-order chi connectivity index (χ1) is 7.35. The number of carbonyl (C=O) groups is 1. The molecule has 1 heterocycles. The zero-order chi connectivity index (χ0) is 12.1. The number of rotatable bonds is 1. The number of benzene rings is 1. The fourth-order valence-electron chi connectivity index (χ4n) is 2.07. The number of hydrogen-bond donors (Lipinski definition) is 1. The highest BCUT2D eigenvalue weighted by molar-refractivity contribution is 5.99. The smallest absolute Gasteiger partial charge is 0.256 e. The van der Waals surface area contributed by atoms with Crippen LogP contribution in [0.15, 0.2) is 18.2 Å². The van der Waals surface area contributed by atoms with Crippen LogP contribution in [0.4, 0.5) is 0 Å². The highest BCUT2D eigenvalue weighted by atomic mass is 16.3. The average molecular weight is 219 g/mol. The van der Waals surface area contributed by atoms with Crippen molar-refractivity contribution < 1.29 is 9.90 Å². The van der Waals surface area contributed by atoms with Crippen LogP contribution >= 0.6 is 0 Å². The Morgan fingerprint density at radius 2 is 2.00 bits per heavy atom. The van der Waals surface area contributed by atoms with E-state index in [4.69, 9.17) is 0 Å². The summed E-state index contributed by atoms with van der Waals surface area (Å²) >= 11 is 0. The summed E-state index contributed by atoms with van der Waals surface area (Å²) in [7, 11) is 1.62. The SMILES string of the molecule is CC(C)c1ccc2c(c1)C(=O)N(C)C2(C)O. The van der Waals surface area contributed by atoms with Crippen molar-refractivity contribution in [3.8, 4) is 0 Å². The molecule has 0 saturated heterocycles. The Hall–Kier alpha value is -1.35. The number of nitrogens with zero attached hydrogens (tertiary/aromatic N) is 1. The number of hydrogen-bond acceptors (Lipinski definition) is 2. The summed E-state index contributed by atoms with van der Waals surface area (Å²) < 4.78 is 0. The molecule has 2 rings (SSSR count). The van der Waals surface area contributed by atoms with Crippen molar-refractivity contribution in [2.75, 3.05) is 7.05 Å². The van der Waals surface area contributed by atoms with E-state index in [9.17, 15) is 9.90 Å². The Balaban J connectivity index is 2.59. The summed E-state index contributed by atoms with van der Waals surface area (Å²) in [5, 5.41) is 10.2. The molecule has 0 fully saturated rings. The highest BCUT2D eigenvalue weighted by Gasteiger charge is 2.42. The number of amides is 1. The third-order valence-corrected chi connectivity index (χ3v) is 3.41. The predicted molar refractivity (Wildman–Crippen MR) is 62.2 cm³/mol. The summed E-state index contributed by atoms with van der Waals surface area (Å²) in [5.74, 6) is 0.274. The third kappa shape index (κ3) is 1.35. The Labute approximate surface area is 95.7 Å². The summed E-state index contributed by atoms with van der Waals surface area (Å²) in [4.78, 5) is 13.3. The molecule has 3 heteroatoms. The molecule has 0 saturated carbocycles. The van der Waals surface area contributed by atoms with E-state index in [2.05, 4.69) is 13.8 Å². The molecule has 0 aliphatic carbocycles. The summed E-state index contributed by atoms with van der Waals surface area (Å²) in [6, 6.07) is 5.72. The van der Waals surface area contributed by atoms with Gasteiger partial charge in [0.2, 0.25) is 0 Å². The molecule has 1 aromatic carbocycles. The number of aliphatic hydroxyl groups is 1. The minimum atomic E-state index is -1.18. The van der Waals surface area contributed by atoms with Crippen LogP contribution in [-0.4, -0.2) is 23.0 Å². The van der Waals surface area contributed by atoms with Crippen LogP contribution in [0.1, 0.15) is 48.2 Å². The number of fused-ring (bicyclic) bond motifs is 1. The van der Waals surface area contributed by atoms with E-state index in [1.807, 2.05) is 18.2 Å². The van der Waals surface area contributed by atoms with Crippen LogP contribution in [0.5, 0.6) is 0 Å². The standard InChI is InChI=1S/C13H17NO2/c1-8(2)9-5-6-11-10(7-9)12(15)14(4)13(11,3)16/h5-8,16H,1-4H3. The molecule has 1 N–H and O–H groups in total. The van der Waals surface area contributed by atoms with E-state index in [1.54, 1.807) is 14.0 Å². The topological polar surface area (TPSA) is 40.5 Å². The first kappa shape index (κ1) is 11.1. The average Bonchev–Trinajstić information content (AvgIpc) is 2.40. The van der Waals surface area contributed by atoms with Gasteiger partial charge in [-0.3, -0.25) is 4.79 Å². The normalized spacial score (nSPS) is 24.1. The lowest BCUT2D eigenvalue weighted by Crippen LogP contribution is -2.37. The van der Waals surface area contributed by atoms with E-state index in [0.717, 1.165) is 5.56 Å². The zero-order valence-electron chi connectivity index (χ0n) is 10.1. The van der Waals surface area contributed by atoms with Gasteiger partial charge in [0.25, 0.3) is 5.91 Å². The van der Waals surface area contributed by atoms with Crippen molar-refractivity contribution >= 4 is 5.91 Å². The lowest BCUT2D eigenvalue weighted by Gasteiger charge is -2.26. The third-order valence-electron chi connectivity index (χ3n) is 3.41.